The summed E-state index contributed by atoms with van der Waals surface area (Å²) in [6.07, 6.45) is 2.35. The predicted octanol–water partition coefficient (Wildman–Crippen LogP) is 3.54. The molecule has 0 radical (unpaired) electrons. The number of hydrogen-bond acceptors (Lipinski definition) is 8. The van der Waals surface area contributed by atoms with Gasteiger partial charge in [-0.3, -0.25) is 0 Å². The molecule has 0 bridgehead atoms. The summed E-state index contributed by atoms with van der Waals surface area (Å²) in [5.74, 6) is 2.63. The largest absolute Gasteiger partial charge is 0.493 e. The second kappa shape index (κ2) is 10.2. The number of carbonyl (C=O) groups excluding carboxylic acids is 1. The third-order valence-corrected chi connectivity index (χ3v) is 5.31. The van der Waals surface area contributed by atoms with E-state index in [1.54, 1.807) is 60.9 Å². The molecule has 0 unspecified atom stereocenters. The molecule has 8 nitrogen and oxygen atoms in total. The molecule has 0 saturated carbocycles. The maximum absolute atomic E-state index is 12.5. The van der Waals surface area contributed by atoms with Gasteiger partial charge in [-0.2, -0.15) is 0 Å². The number of hydrogen-bond donors (Lipinski definition) is 0. The Bertz CT molecular complexity index is 961. The minimum absolute atomic E-state index is 0.149. The molecule has 3 rings (SSSR count). The predicted molar refractivity (Wildman–Crippen MR) is 118 cm³/mol. The number of benzene rings is 2. The van der Waals surface area contributed by atoms with Gasteiger partial charge in [-0.15, -0.1) is 0 Å². The normalized spacial score (nSPS) is 16.5. The highest BCUT2D eigenvalue weighted by atomic mass is 16.5. The first-order valence-electron chi connectivity index (χ1n) is 9.97. The standard InChI is InChI=1S/C24H28O8/c1-26-18-9-14(10-19(27-2)22(18)30-5)7-16-13-32-24(25)17(16)8-15-11-20(28-3)23(31-6)21(12-15)29-4/h8-12,16H,7,13H2,1-6H3/b17-8+/t16-/m0/s1. The molecular weight excluding hydrogens is 416 g/mol. The topological polar surface area (TPSA) is 81.7 Å². The molecule has 1 aliphatic heterocycles. The van der Waals surface area contributed by atoms with Crippen LogP contribution >= 0.6 is 0 Å². The number of methoxy groups -OCH3 is 6. The Morgan fingerprint density at radius 2 is 1.25 bits per heavy atom. The Hall–Kier alpha value is -3.55. The second-order valence-electron chi connectivity index (χ2n) is 7.09. The molecular formula is C24H28O8. The van der Waals surface area contributed by atoms with Crippen molar-refractivity contribution in [3.05, 3.63) is 41.0 Å². The molecule has 1 aliphatic rings. The highest BCUT2D eigenvalue weighted by Gasteiger charge is 2.31. The summed E-state index contributed by atoms with van der Waals surface area (Å²) in [7, 11) is 9.33. The zero-order valence-electron chi connectivity index (χ0n) is 19.1. The summed E-state index contributed by atoms with van der Waals surface area (Å²) < 4.78 is 37.8. The fourth-order valence-electron chi connectivity index (χ4n) is 3.76. The van der Waals surface area contributed by atoms with E-state index in [0.29, 0.717) is 46.5 Å². The lowest BCUT2D eigenvalue weighted by atomic mass is 9.92. The summed E-state index contributed by atoms with van der Waals surface area (Å²) in [4.78, 5) is 12.5. The molecule has 172 valence electrons. The van der Waals surface area contributed by atoms with E-state index in [1.807, 2.05) is 12.1 Å². The highest BCUT2D eigenvalue weighted by Crippen LogP contribution is 2.41. The first-order valence-corrected chi connectivity index (χ1v) is 9.97. The summed E-state index contributed by atoms with van der Waals surface area (Å²) in [6, 6.07) is 7.33. The summed E-state index contributed by atoms with van der Waals surface area (Å²) in [5.41, 5.74) is 2.23. The SMILES string of the molecule is COc1cc(/C=C2/C(=O)OC[C@@H]2Cc2cc(OC)c(OC)c(OC)c2)cc(OC)c1OC. The molecule has 0 N–H and O–H groups in total. The van der Waals surface area contributed by atoms with E-state index in [2.05, 4.69) is 0 Å². The lowest BCUT2D eigenvalue weighted by molar-refractivity contribution is -0.135. The second-order valence-corrected chi connectivity index (χ2v) is 7.09. The number of ether oxygens (including phenoxy) is 7. The number of rotatable bonds is 9. The zero-order chi connectivity index (χ0) is 23.3. The average Bonchev–Trinajstić information content (AvgIpc) is 3.16. The fourth-order valence-corrected chi connectivity index (χ4v) is 3.76. The first kappa shape index (κ1) is 23.1. The van der Waals surface area contributed by atoms with Gasteiger partial charge in [0, 0.05) is 11.5 Å². The van der Waals surface area contributed by atoms with Crippen LogP contribution in [0.15, 0.2) is 29.8 Å². The van der Waals surface area contributed by atoms with Crippen LogP contribution in [0.2, 0.25) is 0 Å². The minimum atomic E-state index is -0.351. The first-order chi connectivity index (χ1) is 15.5. The quantitative estimate of drug-likeness (QED) is 0.429. The van der Waals surface area contributed by atoms with Crippen LogP contribution in [-0.4, -0.2) is 55.2 Å². The Kier molecular flexibility index (Phi) is 7.35. The summed E-state index contributed by atoms with van der Waals surface area (Å²) in [6.45, 7) is 0.283. The van der Waals surface area contributed by atoms with Crippen molar-refractivity contribution in [2.24, 2.45) is 5.92 Å². The summed E-state index contributed by atoms with van der Waals surface area (Å²) in [5, 5.41) is 0. The van der Waals surface area contributed by atoms with E-state index < -0.39 is 0 Å². The van der Waals surface area contributed by atoms with Crippen LogP contribution < -0.4 is 28.4 Å². The average molecular weight is 444 g/mol. The molecule has 2 aromatic rings. The van der Waals surface area contributed by atoms with Crippen molar-refractivity contribution >= 4 is 12.0 Å². The molecule has 0 aromatic heterocycles. The zero-order valence-corrected chi connectivity index (χ0v) is 19.1. The summed E-state index contributed by atoms with van der Waals surface area (Å²) >= 11 is 0. The van der Waals surface area contributed by atoms with Gasteiger partial charge in [-0.05, 0) is 47.9 Å². The van der Waals surface area contributed by atoms with Crippen LogP contribution in [0.3, 0.4) is 0 Å². The van der Waals surface area contributed by atoms with Gasteiger partial charge in [0.1, 0.15) is 0 Å². The van der Waals surface area contributed by atoms with E-state index in [-0.39, 0.29) is 18.5 Å². The van der Waals surface area contributed by atoms with Crippen LogP contribution in [0.1, 0.15) is 11.1 Å². The van der Waals surface area contributed by atoms with Gasteiger partial charge in [-0.1, -0.05) is 0 Å². The third kappa shape index (κ3) is 4.54. The number of carbonyl (C=O) groups is 1. The highest BCUT2D eigenvalue weighted by molar-refractivity contribution is 5.96. The lowest BCUT2D eigenvalue weighted by Crippen LogP contribution is -2.08. The minimum Gasteiger partial charge on any atom is -0.493 e. The van der Waals surface area contributed by atoms with Crippen LogP contribution in [0.4, 0.5) is 0 Å². The Balaban J connectivity index is 1.97. The van der Waals surface area contributed by atoms with Gasteiger partial charge >= 0.3 is 5.97 Å². The smallest absolute Gasteiger partial charge is 0.334 e. The van der Waals surface area contributed by atoms with E-state index in [0.717, 1.165) is 11.1 Å². The molecule has 1 heterocycles. The van der Waals surface area contributed by atoms with Gasteiger partial charge in [0.2, 0.25) is 11.5 Å². The van der Waals surface area contributed by atoms with Gasteiger partial charge in [0.25, 0.3) is 0 Å². The van der Waals surface area contributed by atoms with Crippen LogP contribution in [-0.2, 0) is 16.0 Å². The Labute approximate surface area is 187 Å². The van der Waals surface area contributed by atoms with Crippen LogP contribution in [0.5, 0.6) is 34.5 Å². The van der Waals surface area contributed by atoms with Crippen molar-refractivity contribution in [2.45, 2.75) is 6.42 Å². The van der Waals surface area contributed by atoms with Crippen molar-refractivity contribution in [3.8, 4) is 34.5 Å². The van der Waals surface area contributed by atoms with Gasteiger partial charge in [0.05, 0.1) is 49.3 Å². The molecule has 1 fully saturated rings. The number of esters is 1. The van der Waals surface area contributed by atoms with Crippen molar-refractivity contribution in [1.82, 2.24) is 0 Å². The molecule has 0 spiro atoms. The van der Waals surface area contributed by atoms with E-state index in [4.69, 9.17) is 33.2 Å². The van der Waals surface area contributed by atoms with Gasteiger partial charge in [0.15, 0.2) is 23.0 Å². The third-order valence-electron chi connectivity index (χ3n) is 5.31. The van der Waals surface area contributed by atoms with Crippen molar-refractivity contribution < 1.29 is 38.0 Å². The van der Waals surface area contributed by atoms with Gasteiger partial charge in [-0.25, -0.2) is 4.79 Å². The van der Waals surface area contributed by atoms with Gasteiger partial charge < -0.3 is 33.2 Å². The maximum Gasteiger partial charge on any atom is 0.334 e. The molecule has 0 aliphatic carbocycles. The van der Waals surface area contributed by atoms with Crippen LogP contribution in [0, 0.1) is 5.92 Å². The van der Waals surface area contributed by atoms with E-state index in [1.165, 1.54) is 0 Å². The van der Waals surface area contributed by atoms with E-state index in [9.17, 15) is 4.79 Å². The van der Waals surface area contributed by atoms with Crippen molar-refractivity contribution in [2.75, 3.05) is 49.3 Å². The maximum atomic E-state index is 12.5. The van der Waals surface area contributed by atoms with Crippen molar-refractivity contribution in [3.63, 3.8) is 0 Å². The van der Waals surface area contributed by atoms with E-state index >= 15 is 0 Å². The molecule has 32 heavy (non-hydrogen) atoms. The monoisotopic (exact) mass is 444 g/mol. The Morgan fingerprint density at radius 1 is 0.781 bits per heavy atom. The van der Waals surface area contributed by atoms with Crippen LogP contribution in [0.25, 0.3) is 6.08 Å². The molecule has 2 aromatic carbocycles. The molecule has 1 atom stereocenters. The van der Waals surface area contributed by atoms with Crippen molar-refractivity contribution in [1.29, 1.82) is 0 Å². The Morgan fingerprint density at radius 3 is 1.69 bits per heavy atom. The molecule has 8 heteroatoms. The fraction of sp³-hybridized carbons (Fsp3) is 0.375. The molecule has 1 saturated heterocycles. The molecule has 0 amide bonds. The number of cyclic esters (lactones) is 1. The lowest BCUT2D eigenvalue weighted by Gasteiger charge is -2.16.